The fourth-order valence-electron chi connectivity index (χ4n) is 3.12. The number of cyclic esters (lactones) is 1. The van der Waals surface area contributed by atoms with Crippen LogP contribution in [0.25, 0.3) is 11.8 Å². The SMILES string of the molecule is COc1cc(/C=C2\C=C(c3ccc(Cl)cc3)OC2=O)cc(Br)c1OCc1ccccc1. The van der Waals surface area contributed by atoms with Gasteiger partial charge in [-0.2, -0.15) is 0 Å². The fourth-order valence-corrected chi connectivity index (χ4v) is 3.82. The molecule has 3 aromatic rings. The molecule has 3 aromatic carbocycles. The van der Waals surface area contributed by atoms with Crippen LogP contribution in [0.4, 0.5) is 0 Å². The highest BCUT2D eigenvalue weighted by Crippen LogP contribution is 2.38. The van der Waals surface area contributed by atoms with Crippen LogP contribution in [-0.4, -0.2) is 13.1 Å². The van der Waals surface area contributed by atoms with E-state index in [1.54, 1.807) is 31.4 Å². The summed E-state index contributed by atoms with van der Waals surface area (Å²) in [7, 11) is 1.58. The summed E-state index contributed by atoms with van der Waals surface area (Å²) in [6, 6.07) is 20.7. The lowest BCUT2D eigenvalue weighted by Crippen LogP contribution is -1.99. The van der Waals surface area contributed by atoms with Crippen molar-refractivity contribution in [3.05, 3.63) is 105 Å². The van der Waals surface area contributed by atoms with Crippen molar-refractivity contribution in [1.82, 2.24) is 0 Å². The Morgan fingerprint density at radius 3 is 2.52 bits per heavy atom. The topological polar surface area (TPSA) is 44.8 Å². The molecule has 1 aliphatic heterocycles. The molecule has 0 fully saturated rings. The van der Waals surface area contributed by atoms with E-state index < -0.39 is 5.97 Å². The molecule has 31 heavy (non-hydrogen) atoms. The van der Waals surface area contributed by atoms with Crippen LogP contribution in [0, 0.1) is 0 Å². The minimum Gasteiger partial charge on any atom is -0.493 e. The molecule has 156 valence electrons. The zero-order chi connectivity index (χ0) is 21.8. The Hall–Kier alpha value is -3.02. The van der Waals surface area contributed by atoms with E-state index in [1.165, 1.54) is 0 Å². The second-order valence-electron chi connectivity index (χ2n) is 6.81. The smallest absolute Gasteiger partial charge is 0.343 e. The molecule has 0 N–H and O–H groups in total. The van der Waals surface area contributed by atoms with E-state index in [1.807, 2.05) is 54.6 Å². The van der Waals surface area contributed by atoms with Gasteiger partial charge in [-0.3, -0.25) is 0 Å². The lowest BCUT2D eigenvalue weighted by atomic mass is 10.1. The Balaban J connectivity index is 1.59. The number of halogens is 2. The van der Waals surface area contributed by atoms with Gasteiger partial charge in [0.1, 0.15) is 12.4 Å². The minimum atomic E-state index is -0.413. The zero-order valence-electron chi connectivity index (χ0n) is 16.6. The Bertz CT molecular complexity index is 1170. The first-order valence-electron chi connectivity index (χ1n) is 9.49. The van der Waals surface area contributed by atoms with E-state index in [9.17, 15) is 4.79 Å². The third-order valence-corrected chi connectivity index (χ3v) is 5.49. The molecule has 0 aliphatic carbocycles. The van der Waals surface area contributed by atoms with Crippen molar-refractivity contribution >= 4 is 45.3 Å². The number of hydrogen-bond donors (Lipinski definition) is 0. The van der Waals surface area contributed by atoms with Gasteiger partial charge in [0.15, 0.2) is 11.5 Å². The second kappa shape index (κ2) is 9.41. The van der Waals surface area contributed by atoms with Crippen LogP contribution >= 0.6 is 27.5 Å². The summed E-state index contributed by atoms with van der Waals surface area (Å²) in [5.41, 5.74) is 3.05. The molecule has 0 aromatic heterocycles. The van der Waals surface area contributed by atoms with Crippen molar-refractivity contribution < 1.29 is 19.0 Å². The molecule has 0 bridgehead atoms. The molecule has 0 spiro atoms. The Morgan fingerprint density at radius 1 is 1.06 bits per heavy atom. The first-order valence-corrected chi connectivity index (χ1v) is 10.7. The van der Waals surface area contributed by atoms with Gasteiger partial charge in [0, 0.05) is 10.6 Å². The number of rotatable bonds is 6. The zero-order valence-corrected chi connectivity index (χ0v) is 18.9. The van der Waals surface area contributed by atoms with Crippen LogP contribution in [0.2, 0.25) is 5.02 Å². The summed E-state index contributed by atoms with van der Waals surface area (Å²) in [5.74, 6) is 1.23. The standard InChI is InChI=1S/C25H18BrClO4/c1-29-23-13-17(12-21(26)24(23)30-15-16-5-3-2-4-6-16)11-19-14-22(31-25(19)28)18-7-9-20(27)10-8-18/h2-14H,15H2,1H3/b19-11+. The van der Waals surface area contributed by atoms with Crippen LogP contribution in [-0.2, 0) is 16.1 Å². The van der Waals surface area contributed by atoms with Gasteiger partial charge in [0.2, 0.25) is 0 Å². The molecule has 6 heteroatoms. The number of methoxy groups -OCH3 is 1. The molecule has 1 heterocycles. The summed E-state index contributed by atoms with van der Waals surface area (Å²) in [6.45, 7) is 0.412. The number of ether oxygens (including phenoxy) is 3. The molecule has 1 aliphatic rings. The fraction of sp³-hybridized carbons (Fsp3) is 0.0800. The van der Waals surface area contributed by atoms with Crippen LogP contribution < -0.4 is 9.47 Å². The van der Waals surface area contributed by atoms with Crippen molar-refractivity contribution in [2.75, 3.05) is 7.11 Å². The van der Waals surface area contributed by atoms with Crippen molar-refractivity contribution in [1.29, 1.82) is 0 Å². The van der Waals surface area contributed by atoms with Crippen LogP contribution in [0.3, 0.4) is 0 Å². The summed E-state index contributed by atoms with van der Waals surface area (Å²) in [4.78, 5) is 12.4. The maximum absolute atomic E-state index is 12.4. The maximum Gasteiger partial charge on any atom is 0.343 e. The van der Waals surface area contributed by atoms with Gasteiger partial charge in [-0.05, 0) is 75.6 Å². The van der Waals surface area contributed by atoms with E-state index in [0.717, 1.165) is 21.2 Å². The van der Waals surface area contributed by atoms with Crippen molar-refractivity contribution in [3.8, 4) is 11.5 Å². The maximum atomic E-state index is 12.4. The quantitative estimate of drug-likeness (QED) is 0.282. The number of esters is 1. The lowest BCUT2D eigenvalue weighted by Gasteiger charge is -2.13. The van der Waals surface area contributed by atoms with Gasteiger partial charge >= 0.3 is 5.97 Å². The van der Waals surface area contributed by atoms with Crippen LogP contribution in [0.1, 0.15) is 16.7 Å². The van der Waals surface area contributed by atoms with Gasteiger partial charge in [0.05, 0.1) is 17.2 Å². The molecule has 4 nitrogen and oxygen atoms in total. The third kappa shape index (κ3) is 5.01. The molecule has 0 saturated carbocycles. The Kier molecular flexibility index (Phi) is 6.44. The summed E-state index contributed by atoms with van der Waals surface area (Å²) >= 11 is 9.49. The monoisotopic (exact) mass is 496 g/mol. The molecule has 0 unspecified atom stereocenters. The molecular weight excluding hydrogens is 480 g/mol. The molecule has 0 amide bonds. The molecule has 0 radical (unpaired) electrons. The number of carbonyl (C=O) groups is 1. The van der Waals surface area contributed by atoms with Crippen molar-refractivity contribution in [3.63, 3.8) is 0 Å². The van der Waals surface area contributed by atoms with Crippen LogP contribution in [0.15, 0.2) is 82.9 Å². The van der Waals surface area contributed by atoms with E-state index in [4.69, 9.17) is 25.8 Å². The van der Waals surface area contributed by atoms with Crippen molar-refractivity contribution in [2.45, 2.75) is 6.61 Å². The average Bonchev–Trinajstić information content (AvgIpc) is 3.14. The molecule has 0 atom stereocenters. The molecule has 0 saturated heterocycles. The number of hydrogen-bond acceptors (Lipinski definition) is 4. The van der Waals surface area contributed by atoms with Gasteiger partial charge in [0.25, 0.3) is 0 Å². The minimum absolute atomic E-state index is 0.412. The Labute approximate surface area is 193 Å². The normalized spacial score (nSPS) is 14.4. The van der Waals surface area contributed by atoms with Crippen LogP contribution in [0.5, 0.6) is 11.5 Å². The first-order chi connectivity index (χ1) is 15.0. The Morgan fingerprint density at radius 2 is 1.81 bits per heavy atom. The summed E-state index contributed by atoms with van der Waals surface area (Å²) < 4.78 is 17.6. The molecular formula is C25H18BrClO4. The van der Waals surface area contributed by atoms with Gasteiger partial charge in [-0.25, -0.2) is 4.79 Å². The van der Waals surface area contributed by atoms with E-state index >= 15 is 0 Å². The number of carbonyl (C=O) groups excluding carboxylic acids is 1. The van der Waals surface area contributed by atoms with E-state index in [-0.39, 0.29) is 0 Å². The van der Waals surface area contributed by atoms with E-state index in [0.29, 0.717) is 34.5 Å². The molecule has 4 rings (SSSR count). The van der Waals surface area contributed by atoms with Gasteiger partial charge in [-0.1, -0.05) is 41.9 Å². The average molecular weight is 498 g/mol. The van der Waals surface area contributed by atoms with E-state index in [2.05, 4.69) is 15.9 Å². The summed E-state index contributed by atoms with van der Waals surface area (Å²) in [6.07, 6.45) is 3.46. The van der Waals surface area contributed by atoms with Crippen molar-refractivity contribution in [2.24, 2.45) is 0 Å². The largest absolute Gasteiger partial charge is 0.493 e. The summed E-state index contributed by atoms with van der Waals surface area (Å²) in [5, 5.41) is 0.621. The lowest BCUT2D eigenvalue weighted by molar-refractivity contribution is -0.130. The highest BCUT2D eigenvalue weighted by atomic mass is 79.9. The highest BCUT2D eigenvalue weighted by Gasteiger charge is 2.22. The third-order valence-electron chi connectivity index (χ3n) is 4.65. The van der Waals surface area contributed by atoms with Gasteiger partial charge < -0.3 is 14.2 Å². The van der Waals surface area contributed by atoms with Gasteiger partial charge in [-0.15, -0.1) is 0 Å². The number of benzene rings is 3. The predicted octanol–water partition coefficient (Wildman–Crippen LogP) is 6.67. The first kappa shape index (κ1) is 21.2. The highest BCUT2D eigenvalue weighted by molar-refractivity contribution is 9.10. The second-order valence-corrected chi connectivity index (χ2v) is 8.10. The predicted molar refractivity (Wildman–Crippen MR) is 125 cm³/mol.